The highest BCUT2D eigenvalue weighted by Gasteiger charge is 2.16. The Bertz CT molecular complexity index is 727. The van der Waals surface area contributed by atoms with Crippen LogP contribution in [0.3, 0.4) is 0 Å². The summed E-state index contributed by atoms with van der Waals surface area (Å²) < 4.78 is 49.6. The highest BCUT2D eigenvalue weighted by molar-refractivity contribution is 9.09. The van der Waals surface area contributed by atoms with Crippen LogP contribution in [0.4, 0.5) is 8.78 Å². The van der Waals surface area contributed by atoms with Crippen molar-refractivity contribution in [2.24, 2.45) is 0 Å². The van der Waals surface area contributed by atoms with Crippen molar-refractivity contribution < 1.29 is 17.2 Å². The average molecular weight is 361 g/mol. The van der Waals surface area contributed by atoms with Gasteiger partial charge < -0.3 is 0 Å². The highest BCUT2D eigenvalue weighted by atomic mass is 79.9. The Labute approximate surface area is 124 Å². The summed E-state index contributed by atoms with van der Waals surface area (Å²) in [4.78, 5) is -0.368. The van der Waals surface area contributed by atoms with E-state index in [1.807, 2.05) is 0 Å². The SMILES string of the molecule is CS(=O)(=O)c1ccc(C(Br)c2cc(F)ccc2F)cc1. The third-order valence-electron chi connectivity index (χ3n) is 2.83. The molecule has 0 aliphatic rings. The monoisotopic (exact) mass is 360 g/mol. The smallest absolute Gasteiger partial charge is 0.175 e. The fraction of sp³-hybridized carbons (Fsp3) is 0.143. The van der Waals surface area contributed by atoms with Crippen LogP contribution in [0.25, 0.3) is 0 Å². The Kier molecular flexibility index (Phi) is 4.25. The van der Waals surface area contributed by atoms with Crippen LogP contribution in [0.15, 0.2) is 47.4 Å². The zero-order valence-corrected chi connectivity index (χ0v) is 12.9. The van der Waals surface area contributed by atoms with Crippen molar-refractivity contribution in [1.29, 1.82) is 0 Å². The third-order valence-corrected chi connectivity index (χ3v) is 4.98. The summed E-state index contributed by atoms with van der Waals surface area (Å²) in [6.45, 7) is 0. The fourth-order valence-electron chi connectivity index (χ4n) is 1.77. The fourth-order valence-corrected chi connectivity index (χ4v) is 3.06. The first kappa shape index (κ1) is 15.1. The predicted octanol–water partition coefficient (Wildman–Crippen LogP) is 3.85. The lowest BCUT2D eigenvalue weighted by Crippen LogP contribution is -2.00. The number of hydrogen-bond donors (Lipinski definition) is 0. The van der Waals surface area contributed by atoms with Crippen LogP contribution in [0.5, 0.6) is 0 Å². The Morgan fingerprint density at radius 3 is 2.20 bits per heavy atom. The molecule has 1 unspecified atom stereocenters. The van der Waals surface area contributed by atoms with E-state index in [4.69, 9.17) is 0 Å². The van der Waals surface area contributed by atoms with Crippen molar-refractivity contribution >= 4 is 25.8 Å². The van der Waals surface area contributed by atoms with Gasteiger partial charge in [0, 0.05) is 11.8 Å². The summed E-state index contributed by atoms with van der Waals surface area (Å²) in [5, 5.41) is 0. The van der Waals surface area contributed by atoms with Crippen LogP contribution in [-0.2, 0) is 9.84 Å². The molecule has 0 fully saturated rings. The van der Waals surface area contributed by atoms with Crippen LogP contribution >= 0.6 is 15.9 Å². The lowest BCUT2D eigenvalue weighted by molar-refractivity contribution is 0.588. The van der Waals surface area contributed by atoms with E-state index >= 15 is 0 Å². The standard InChI is InChI=1S/C14H11BrF2O2S/c1-20(18,19)11-5-2-9(3-6-11)14(15)12-8-10(16)4-7-13(12)17/h2-8,14H,1H3. The van der Waals surface area contributed by atoms with Gasteiger partial charge >= 0.3 is 0 Å². The molecule has 106 valence electrons. The molecule has 0 aliphatic heterocycles. The first-order valence-electron chi connectivity index (χ1n) is 5.68. The zero-order chi connectivity index (χ0) is 14.9. The molecule has 0 N–H and O–H groups in total. The zero-order valence-electron chi connectivity index (χ0n) is 10.5. The topological polar surface area (TPSA) is 34.1 Å². The Balaban J connectivity index is 2.39. The molecule has 1 atom stereocenters. The second-order valence-electron chi connectivity index (χ2n) is 4.37. The van der Waals surface area contributed by atoms with Crippen LogP contribution < -0.4 is 0 Å². The average Bonchev–Trinajstić information content (AvgIpc) is 2.40. The summed E-state index contributed by atoms with van der Waals surface area (Å²) in [6.07, 6.45) is 1.11. The van der Waals surface area contributed by atoms with Crippen LogP contribution in [-0.4, -0.2) is 14.7 Å². The number of hydrogen-bond acceptors (Lipinski definition) is 2. The van der Waals surface area contributed by atoms with Gasteiger partial charge in [0.1, 0.15) is 11.6 Å². The molecule has 0 aliphatic carbocycles. The van der Waals surface area contributed by atoms with Gasteiger partial charge in [-0.15, -0.1) is 0 Å². The number of rotatable bonds is 3. The molecule has 0 amide bonds. The van der Waals surface area contributed by atoms with Gasteiger partial charge in [-0.25, -0.2) is 17.2 Å². The second kappa shape index (κ2) is 5.61. The molecule has 0 saturated carbocycles. The van der Waals surface area contributed by atoms with Gasteiger partial charge in [0.15, 0.2) is 9.84 Å². The minimum Gasteiger partial charge on any atom is -0.224 e. The molecule has 2 aromatic carbocycles. The molecule has 0 saturated heterocycles. The lowest BCUT2D eigenvalue weighted by Gasteiger charge is -2.12. The van der Waals surface area contributed by atoms with Gasteiger partial charge in [-0.3, -0.25) is 0 Å². The summed E-state index contributed by atoms with van der Waals surface area (Å²) in [5.74, 6) is -1.06. The summed E-state index contributed by atoms with van der Waals surface area (Å²) in [7, 11) is -3.27. The molecule has 0 radical (unpaired) electrons. The van der Waals surface area contributed by atoms with E-state index in [-0.39, 0.29) is 10.5 Å². The number of halogens is 3. The molecular weight excluding hydrogens is 350 g/mol. The van der Waals surface area contributed by atoms with Gasteiger partial charge in [-0.1, -0.05) is 28.1 Å². The quantitative estimate of drug-likeness (QED) is 0.779. The summed E-state index contributed by atoms with van der Waals surface area (Å²) in [5.41, 5.74) is 0.805. The normalized spacial score (nSPS) is 13.2. The van der Waals surface area contributed by atoms with Gasteiger partial charge in [-0.2, -0.15) is 0 Å². The first-order valence-corrected chi connectivity index (χ1v) is 8.49. The van der Waals surface area contributed by atoms with Crippen molar-refractivity contribution in [3.8, 4) is 0 Å². The maximum absolute atomic E-state index is 13.7. The highest BCUT2D eigenvalue weighted by Crippen LogP contribution is 2.33. The van der Waals surface area contributed by atoms with Crippen molar-refractivity contribution in [2.75, 3.05) is 6.26 Å². The number of alkyl halides is 1. The number of benzene rings is 2. The lowest BCUT2D eigenvalue weighted by atomic mass is 10.0. The molecular formula is C14H11BrF2O2S. The molecule has 2 aromatic rings. The first-order chi connectivity index (χ1) is 9.29. The molecule has 0 heterocycles. The molecule has 0 spiro atoms. The maximum Gasteiger partial charge on any atom is 0.175 e. The largest absolute Gasteiger partial charge is 0.224 e. The predicted molar refractivity (Wildman–Crippen MR) is 76.7 cm³/mol. The van der Waals surface area contributed by atoms with Gasteiger partial charge in [0.05, 0.1) is 9.72 Å². The van der Waals surface area contributed by atoms with Gasteiger partial charge in [0.25, 0.3) is 0 Å². The Morgan fingerprint density at radius 1 is 1.05 bits per heavy atom. The van der Waals surface area contributed by atoms with E-state index in [9.17, 15) is 17.2 Å². The molecule has 0 bridgehead atoms. The Hall–Kier alpha value is -1.27. The van der Waals surface area contributed by atoms with Crippen molar-refractivity contribution in [3.05, 3.63) is 65.2 Å². The maximum atomic E-state index is 13.7. The van der Waals surface area contributed by atoms with E-state index < -0.39 is 26.3 Å². The summed E-state index contributed by atoms with van der Waals surface area (Å²) >= 11 is 3.30. The van der Waals surface area contributed by atoms with Gasteiger partial charge in [0.2, 0.25) is 0 Å². The molecule has 0 aromatic heterocycles. The van der Waals surface area contributed by atoms with E-state index in [2.05, 4.69) is 15.9 Å². The Morgan fingerprint density at radius 2 is 1.65 bits per heavy atom. The van der Waals surface area contributed by atoms with Crippen molar-refractivity contribution in [3.63, 3.8) is 0 Å². The molecule has 2 nitrogen and oxygen atoms in total. The van der Waals surface area contributed by atoms with E-state index in [0.717, 1.165) is 24.5 Å². The molecule has 20 heavy (non-hydrogen) atoms. The summed E-state index contributed by atoms with van der Waals surface area (Å²) in [6, 6.07) is 9.24. The van der Waals surface area contributed by atoms with Crippen LogP contribution in [0, 0.1) is 11.6 Å². The van der Waals surface area contributed by atoms with E-state index in [1.54, 1.807) is 12.1 Å². The molecule has 2 rings (SSSR count). The molecule has 6 heteroatoms. The van der Waals surface area contributed by atoms with Crippen molar-refractivity contribution in [2.45, 2.75) is 9.72 Å². The van der Waals surface area contributed by atoms with Gasteiger partial charge in [-0.05, 0) is 35.9 Å². The second-order valence-corrected chi connectivity index (χ2v) is 7.30. The number of sulfone groups is 1. The third kappa shape index (κ3) is 3.24. The van der Waals surface area contributed by atoms with E-state index in [1.165, 1.54) is 12.1 Å². The minimum absolute atomic E-state index is 0.164. The van der Waals surface area contributed by atoms with Crippen LogP contribution in [0.1, 0.15) is 16.0 Å². The van der Waals surface area contributed by atoms with Crippen LogP contribution in [0.2, 0.25) is 0 Å². The minimum atomic E-state index is -3.27. The van der Waals surface area contributed by atoms with E-state index in [0.29, 0.717) is 5.56 Å². The van der Waals surface area contributed by atoms with Crippen molar-refractivity contribution in [1.82, 2.24) is 0 Å².